The monoisotopic (exact) mass is 275 g/mol. The highest BCUT2D eigenvalue weighted by molar-refractivity contribution is 5.93. The van der Waals surface area contributed by atoms with Crippen molar-refractivity contribution < 1.29 is 4.79 Å². The van der Waals surface area contributed by atoms with Crippen LogP contribution in [0.25, 0.3) is 0 Å². The summed E-state index contributed by atoms with van der Waals surface area (Å²) in [6.45, 7) is 5.12. The molecule has 0 unspecified atom stereocenters. The molecule has 1 saturated carbocycles. The number of nitrogens with two attached hydrogens (primary N) is 1. The predicted molar refractivity (Wildman–Crippen MR) is 82.4 cm³/mol. The number of para-hydroxylation sites is 1. The maximum Gasteiger partial charge on any atom is 0.238 e. The largest absolute Gasteiger partial charge is 0.326 e. The minimum atomic E-state index is 0.0556. The molecular formula is C16H25N3O. The lowest BCUT2D eigenvalue weighted by molar-refractivity contribution is -0.117. The van der Waals surface area contributed by atoms with Gasteiger partial charge in [-0.1, -0.05) is 25.1 Å². The zero-order chi connectivity index (χ0) is 14.4. The third-order valence-electron chi connectivity index (χ3n) is 3.63. The Hall–Kier alpha value is -1.39. The molecule has 1 aliphatic carbocycles. The van der Waals surface area contributed by atoms with Crippen molar-refractivity contribution in [1.29, 1.82) is 0 Å². The van der Waals surface area contributed by atoms with E-state index in [4.69, 9.17) is 5.73 Å². The molecule has 1 amide bonds. The number of carbonyl (C=O) groups is 1. The second-order valence-electron chi connectivity index (χ2n) is 5.59. The van der Waals surface area contributed by atoms with Crippen molar-refractivity contribution in [2.75, 3.05) is 25.0 Å². The minimum absolute atomic E-state index is 0.0556. The summed E-state index contributed by atoms with van der Waals surface area (Å²) >= 11 is 0. The smallest absolute Gasteiger partial charge is 0.238 e. The molecule has 0 heterocycles. The second-order valence-corrected chi connectivity index (χ2v) is 5.59. The third-order valence-corrected chi connectivity index (χ3v) is 3.63. The number of carbonyl (C=O) groups excluding carboxylic acids is 1. The molecule has 0 bridgehead atoms. The normalized spacial score (nSPS) is 14.6. The number of hydrogen-bond donors (Lipinski definition) is 2. The standard InChI is InChI=1S/C16H25N3O/c1-2-9-19(11-13-7-8-13)12-16(20)18-15-6-4-3-5-14(15)10-17/h3-6,13H,2,7-12,17H2,1H3,(H,18,20). The maximum absolute atomic E-state index is 12.2. The van der Waals surface area contributed by atoms with Crippen LogP contribution in [0, 0.1) is 5.92 Å². The summed E-state index contributed by atoms with van der Waals surface area (Å²) in [5.74, 6) is 0.866. The summed E-state index contributed by atoms with van der Waals surface area (Å²) < 4.78 is 0. The van der Waals surface area contributed by atoms with Gasteiger partial charge in [-0.25, -0.2) is 0 Å². The maximum atomic E-state index is 12.2. The van der Waals surface area contributed by atoms with Crippen molar-refractivity contribution in [2.24, 2.45) is 11.7 Å². The third kappa shape index (κ3) is 4.62. The molecule has 0 atom stereocenters. The van der Waals surface area contributed by atoms with Gasteiger partial charge in [0.15, 0.2) is 0 Å². The van der Waals surface area contributed by atoms with E-state index in [1.54, 1.807) is 0 Å². The van der Waals surface area contributed by atoms with Gasteiger partial charge in [-0.2, -0.15) is 0 Å². The number of anilines is 1. The van der Waals surface area contributed by atoms with E-state index in [1.165, 1.54) is 12.8 Å². The van der Waals surface area contributed by atoms with Gasteiger partial charge in [-0.15, -0.1) is 0 Å². The molecule has 2 rings (SSSR count). The van der Waals surface area contributed by atoms with Gasteiger partial charge < -0.3 is 11.1 Å². The highest BCUT2D eigenvalue weighted by Crippen LogP contribution is 2.29. The molecule has 110 valence electrons. The van der Waals surface area contributed by atoms with E-state index in [-0.39, 0.29) is 5.91 Å². The summed E-state index contributed by atoms with van der Waals surface area (Å²) in [7, 11) is 0. The SMILES string of the molecule is CCCN(CC(=O)Nc1ccccc1CN)CC1CC1. The summed E-state index contributed by atoms with van der Waals surface area (Å²) in [6, 6.07) is 7.71. The fourth-order valence-corrected chi connectivity index (χ4v) is 2.43. The Balaban J connectivity index is 1.89. The molecule has 0 saturated heterocycles. The fourth-order valence-electron chi connectivity index (χ4n) is 2.43. The van der Waals surface area contributed by atoms with Gasteiger partial charge in [0, 0.05) is 18.8 Å². The number of nitrogens with zero attached hydrogens (tertiary/aromatic N) is 1. The molecule has 1 aromatic carbocycles. The molecule has 20 heavy (non-hydrogen) atoms. The lowest BCUT2D eigenvalue weighted by Crippen LogP contribution is -2.35. The Morgan fingerprint density at radius 3 is 2.80 bits per heavy atom. The molecule has 3 N–H and O–H groups in total. The Kier molecular flexibility index (Phi) is 5.56. The average molecular weight is 275 g/mol. The number of benzene rings is 1. The fraction of sp³-hybridized carbons (Fsp3) is 0.562. The average Bonchev–Trinajstić information content (AvgIpc) is 3.23. The van der Waals surface area contributed by atoms with Crippen molar-refractivity contribution in [2.45, 2.75) is 32.7 Å². The van der Waals surface area contributed by atoms with Gasteiger partial charge in [0.25, 0.3) is 0 Å². The first-order valence-corrected chi connectivity index (χ1v) is 7.53. The lowest BCUT2D eigenvalue weighted by Gasteiger charge is -2.21. The van der Waals surface area contributed by atoms with Crippen molar-refractivity contribution in [3.63, 3.8) is 0 Å². The molecule has 1 aromatic rings. The predicted octanol–water partition coefficient (Wildman–Crippen LogP) is 2.21. The molecule has 1 fully saturated rings. The highest BCUT2D eigenvalue weighted by atomic mass is 16.2. The van der Waals surface area contributed by atoms with Crippen LogP contribution < -0.4 is 11.1 Å². The molecule has 0 aliphatic heterocycles. The lowest BCUT2D eigenvalue weighted by atomic mass is 10.2. The van der Waals surface area contributed by atoms with E-state index < -0.39 is 0 Å². The summed E-state index contributed by atoms with van der Waals surface area (Å²) in [4.78, 5) is 14.4. The first kappa shape index (κ1) is 15.0. The van der Waals surface area contributed by atoms with Gasteiger partial charge in [0.1, 0.15) is 0 Å². The zero-order valence-electron chi connectivity index (χ0n) is 12.3. The number of amides is 1. The van der Waals surface area contributed by atoms with E-state index in [2.05, 4.69) is 17.1 Å². The number of hydrogen-bond acceptors (Lipinski definition) is 3. The van der Waals surface area contributed by atoms with Crippen molar-refractivity contribution in [1.82, 2.24) is 4.90 Å². The van der Waals surface area contributed by atoms with Crippen LogP contribution in [0.3, 0.4) is 0 Å². The zero-order valence-corrected chi connectivity index (χ0v) is 12.3. The summed E-state index contributed by atoms with van der Waals surface area (Å²) in [6.07, 6.45) is 3.72. The molecular weight excluding hydrogens is 250 g/mol. The first-order chi connectivity index (χ1) is 9.72. The minimum Gasteiger partial charge on any atom is -0.326 e. The van der Waals surface area contributed by atoms with E-state index >= 15 is 0 Å². The number of rotatable bonds is 8. The molecule has 1 aliphatic rings. The van der Waals surface area contributed by atoms with Crippen LogP contribution in [0.5, 0.6) is 0 Å². The van der Waals surface area contributed by atoms with Crippen LogP contribution in [-0.4, -0.2) is 30.4 Å². The van der Waals surface area contributed by atoms with E-state index in [1.807, 2.05) is 24.3 Å². The molecule has 4 heteroatoms. The van der Waals surface area contributed by atoms with Crippen LogP contribution in [0.15, 0.2) is 24.3 Å². The van der Waals surface area contributed by atoms with Gasteiger partial charge in [-0.05, 0) is 43.4 Å². The van der Waals surface area contributed by atoms with Gasteiger partial charge in [-0.3, -0.25) is 9.69 Å². The molecule has 0 spiro atoms. The molecule has 0 radical (unpaired) electrons. The van der Waals surface area contributed by atoms with Crippen LogP contribution in [-0.2, 0) is 11.3 Å². The van der Waals surface area contributed by atoms with Crippen molar-refractivity contribution >= 4 is 11.6 Å². The Morgan fingerprint density at radius 1 is 1.40 bits per heavy atom. The highest BCUT2D eigenvalue weighted by Gasteiger charge is 2.24. The molecule has 0 aromatic heterocycles. The summed E-state index contributed by atoms with van der Waals surface area (Å²) in [5, 5.41) is 2.98. The Bertz CT molecular complexity index is 443. The van der Waals surface area contributed by atoms with Crippen LogP contribution in [0.2, 0.25) is 0 Å². The molecule has 4 nitrogen and oxygen atoms in total. The second kappa shape index (κ2) is 7.41. The van der Waals surface area contributed by atoms with Crippen LogP contribution in [0.4, 0.5) is 5.69 Å². The van der Waals surface area contributed by atoms with Crippen molar-refractivity contribution in [3.8, 4) is 0 Å². The topological polar surface area (TPSA) is 58.4 Å². The van der Waals surface area contributed by atoms with Gasteiger partial charge in [0.2, 0.25) is 5.91 Å². The van der Waals surface area contributed by atoms with Crippen LogP contribution >= 0.6 is 0 Å². The first-order valence-electron chi connectivity index (χ1n) is 7.53. The van der Waals surface area contributed by atoms with Crippen molar-refractivity contribution in [3.05, 3.63) is 29.8 Å². The Labute approximate surface area is 121 Å². The van der Waals surface area contributed by atoms with Gasteiger partial charge in [0.05, 0.1) is 6.54 Å². The Morgan fingerprint density at radius 2 is 2.15 bits per heavy atom. The van der Waals surface area contributed by atoms with Crippen LogP contribution in [0.1, 0.15) is 31.7 Å². The number of nitrogens with one attached hydrogen (secondary N) is 1. The summed E-state index contributed by atoms with van der Waals surface area (Å²) in [5.41, 5.74) is 7.50. The van der Waals surface area contributed by atoms with E-state index in [0.717, 1.165) is 36.7 Å². The quantitative estimate of drug-likeness (QED) is 0.764. The van der Waals surface area contributed by atoms with Gasteiger partial charge >= 0.3 is 0 Å². The van der Waals surface area contributed by atoms with E-state index in [0.29, 0.717) is 13.1 Å². The van der Waals surface area contributed by atoms with E-state index in [9.17, 15) is 4.79 Å².